The van der Waals surface area contributed by atoms with Crippen LogP contribution >= 0.6 is 43.2 Å². The molecule has 0 amide bonds. The molecule has 2 heterocycles. The second-order valence-electron chi connectivity index (χ2n) is 7.89. The van der Waals surface area contributed by atoms with Crippen LogP contribution in [-0.2, 0) is 9.53 Å². The van der Waals surface area contributed by atoms with E-state index in [1.54, 1.807) is 30.3 Å². The molecule has 0 saturated heterocycles. The molecule has 0 fully saturated rings. The zero-order valence-corrected chi connectivity index (χ0v) is 24.9. The Kier molecular flexibility index (Phi) is 8.64. The lowest BCUT2D eigenvalue weighted by Gasteiger charge is -2.23. The number of ether oxygens (including phenoxy) is 4. The van der Waals surface area contributed by atoms with Crippen molar-refractivity contribution >= 4 is 55.2 Å². The van der Waals surface area contributed by atoms with Gasteiger partial charge in [0.2, 0.25) is 0 Å². The van der Waals surface area contributed by atoms with E-state index in [0.717, 1.165) is 0 Å². The normalized spacial score (nSPS) is 14.8. The first-order chi connectivity index (χ1) is 18.2. The fourth-order valence-corrected chi connectivity index (χ4v) is 5.80. The number of rotatable bonds is 8. The first-order valence-corrected chi connectivity index (χ1v) is 13.9. The topological polar surface area (TPSA) is 109 Å². The maximum atomic E-state index is 13.8. The molecule has 200 valence electrons. The third kappa shape index (κ3) is 5.12. The number of nitrogens with zero attached hydrogens (tertiary/aromatic N) is 2. The number of phenols is 1. The van der Waals surface area contributed by atoms with Crippen molar-refractivity contribution < 1.29 is 28.8 Å². The summed E-state index contributed by atoms with van der Waals surface area (Å²) in [5, 5.41) is 10.3. The van der Waals surface area contributed by atoms with Crippen LogP contribution in [-0.4, -0.2) is 43.1 Å². The number of carbonyl (C=O) groups is 1. The van der Waals surface area contributed by atoms with Crippen molar-refractivity contribution in [3.8, 4) is 23.0 Å². The number of methoxy groups -OCH3 is 2. The third-order valence-electron chi connectivity index (χ3n) is 5.69. The van der Waals surface area contributed by atoms with Gasteiger partial charge in [-0.05, 0) is 81.1 Å². The van der Waals surface area contributed by atoms with Gasteiger partial charge in [0, 0.05) is 10.7 Å². The molecule has 1 aliphatic rings. The average Bonchev–Trinajstić information content (AvgIpc) is 3.24. The molecule has 1 atom stereocenters. The highest BCUT2D eigenvalue weighted by Crippen LogP contribution is 2.42. The van der Waals surface area contributed by atoms with Gasteiger partial charge in [-0.3, -0.25) is 9.36 Å². The fraction of sp³-hybridized carbons (Fsp3) is 0.269. The molecule has 0 radical (unpaired) electrons. The van der Waals surface area contributed by atoms with E-state index < -0.39 is 12.0 Å². The van der Waals surface area contributed by atoms with Crippen LogP contribution in [0.25, 0.3) is 6.08 Å². The number of phenolic OH excluding ortho intramolecular Hbond substituents is 1. The van der Waals surface area contributed by atoms with Gasteiger partial charge in [0.1, 0.15) is 0 Å². The summed E-state index contributed by atoms with van der Waals surface area (Å²) in [7, 11) is 2.72. The van der Waals surface area contributed by atoms with Crippen molar-refractivity contribution in [1.29, 1.82) is 0 Å². The summed E-state index contributed by atoms with van der Waals surface area (Å²) < 4.78 is 24.5. The molecular formula is C26H24Br2N2O7S. The Morgan fingerprint density at radius 1 is 1.11 bits per heavy atom. The number of hydrogen-bond acceptors (Lipinski definition) is 9. The van der Waals surface area contributed by atoms with Crippen molar-refractivity contribution in [2.45, 2.75) is 19.9 Å². The van der Waals surface area contributed by atoms with Crippen molar-refractivity contribution in [2.75, 3.05) is 27.4 Å². The number of aromatic hydroxyl groups is 1. The van der Waals surface area contributed by atoms with Gasteiger partial charge in [-0.2, -0.15) is 0 Å². The predicted molar refractivity (Wildman–Crippen MR) is 150 cm³/mol. The second kappa shape index (κ2) is 11.7. The first-order valence-electron chi connectivity index (χ1n) is 11.5. The predicted octanol–water partition coefficient (Wildman–Crippen LogP) is 4.05. The maximum Gasteiger partial charge on any atom is 0.337 e. The average molecular weight is 668 g/mol. The Bertz CT molecular complexity index is 1610. The number of thiazole rings is 1. The van der Waals surface area contributed by atoms with E-state index in [9.17, 15) is 14.7 Å². The Morgan fingerprint density at radius 2 is 1.82 bits per heavy atom. The quantitative estimate of drug-likeness (QED) is 0.361. The Labute approximate surface area is 238 Å². The van der Waals surface area contributed by atoms with E-state index in [2.05, 4.69) is 36.9 Å². The van der Waals surface area contributed by atoms with Gasteiger partial charge in [0.15, 0.2) is 27.8 Å². The van der Waals surface area contributed by atoms with Crippen LogP contribution in [0.5, 0.6) is 23.0 Å². The minimum Gasteiger partial charge on any atom is -0.503 e. The van der Waals surface area contributed by atoms with Gasteiger partial charge in [-0.1, -0.05) is 17.4 Å². The van der Waals surface area contributed by atoms with E-state index in [1.165, 1.54) is 36.3 Å². The summed E-state index contributed by atoms with van der Waals surface area (Å²) in [4.78, 5) is 31.4. The van der Waals surface area contributed by atoms with Gasteiger partial charge in [0.05, 0.1) is 48.1 Å². The van der Waals surface area contributed by atoms with Crippen LogP contribution < -0.4 is 29.1 Å². The van der Waals surface area contributed by atoms with Gasteiger partial charge in [-0.25, -0.2) is 9.79 Å². The molecule has 0 unspecified atom stereocenters. The minimum absolute atomic E-state index is 0.0682. The molecule has 38 heavy (non-hydrogen) atoms. The molecule has 1 aliphatic heterocycles. The number of benzene rings is 2. The Balaban J connectivity index is 1.94. The Hall–Kier alpha value is -3.09. The van der Waals surface area contributed by atoms with Gasteiger partial charge in [0.25, 0.3) is 5.56 Å². The summed E-state index contributed by atoms with van der Waals surface area (Å²) in [6.45, 7) is 4.60. The molecule has 3 aromatic rings. The molecule has 0 saturated carbocycles. The number of carbonyl (C=O) groups excluding carboxylic acids is 1. The van der Waals surface area contributed by atoms with Crippen LogP contribution in [0.4, 0.5) is 0 Å². The zero-order valence-electron chi connectivity index (χ0n) is 20.9. The summed E-state index contributed by atoms with van der Waals surface area (Å²) >= 11 is 7.97. The van der Waals surface area contributed by atoms with Gasteiger partial charge < -0.3 is 24.1 Å². The van der Waals surface area contributed by atoms with Crippen LogP contribution in [0.15, 0.2) is 54.8 Å². The van der Waals surface area contributed by atoms with E-state index in [0.29, 0.717) is 54.1 Å². The summed E-state index contributed by atoms with van der Waals surface area (Å²) in [6, 6.07) is 6.11. The molecule has 1 N–H and O–H groups in total. The third-order valence-corrected chi connectivity index (χ3v) is 8.84. The monoisotopic (exact) mass is 666 g/mol. The van der Waals surface area contributed by atoms with E-state index >= 15 is 0 Å². The lowest BCUT2D eigenvalue weighted by Crippen LogP contribution is -2.39. The SMILES string of the molecule is CCOc1ccc([C@H]2C(C(=O)OC)=CN=c3s/c(=C\c4cc(OC)c(O)c(Br)c4Br)c(=O)n32)cc1OCC. The van der Waals surface area contributed by atoms with Crippen LogP contribution in [0.3, 0.4) is 0 Å². The number of esters is 1. The van der Waals surface area contributed by atoms with Crippen molar-refractivity contribution in [3.05, 3.63) is 75.8 Å². The van der Waals surface area contributed by atoms with Crippen molar-refractivity contribution in [3.63, 3.8) is 0 Å². The molecule has 4 rings (SSSR count). The molecule has 12 heteroatoms. The number of aromatic nitrogens is 1. The van der Waals surface area contributed by atoms with Crippen LogP contribution in [0, 0.1) is 0 Å². The lowest BCUT2D eigenvalue weighted by atomic mass is 9.97. The van der Waals surface area contributed by atoms with E-state index in [1.807, 2.05) is 13.8 Å². The second-order valence-corrected chi connectivity index (χ2v) is 10.5. The lowest BCUT2D eigenvalue weighted by molar-refractivity contribution is -0.136. The van der Waals surface area contributed by atoms with Gasteiger partial charge in [-0.15, -0.1) is 0 Å². The summed E-state index contributed by atoms with van der Waals surface area (Å²) in [5.41, 5.74) is 1.08. The smallest absolute Gasteiger partial charge is 0.337 e. The molecule has 0 bridgehead atoms. The number of halogens is 2. The molecule has 0 aliphatic carbocycles. The van der Waals surface area contributed by atoms with Gasteiger partial charge >= 0.3 is 5.97 Å². The first kappa shape index (κ1) is 27.9. The molecular weight excluding hydrogens is 644 g/mol. The largest absolute Gasteiger partial charge is 0.503 e. The zero-order chi connectivity index (χ0) is 27.6. The standard InChI is InChI=1S/C26H24Br2N2O7S/c1-5-36-16-8-7-13(9-17(16)37-6-2)22-15(25(33)35-4)12-29-26-30(22)24(32)19(38-26)11-14-10-18(34-3)23(31)21(28)20(14)27/h7-12,22,31H,5-6H2,1-4H3/b19-11-/t22-/m0/s1. The van der Waals surface area contributed by atoms with E-state index in [4.69, 9.17) is 18.9 Å². The van der Waals surface area contributed by atoms with Crippen molar-refractivity contribution in [2.24, 2.45) is 4.99 Å². The summed E-state index contributed by atoms with van der Waals surface area (Å²) in [5.74, 6) is 0.630. The number of hydrogen-bond donors (Lipinski definition) is 1. The van der Waals surface area contributed by atoms with Crippen LogP contribution in [0.2, 0.25) is 0 Å². The highest BCUT2D eigenvalue weighted by Gasteiger charge is 2.31. The molecule has 9 nitrogen and oxygen atoms in total. The molecule has 1 aromatic heterocycles. The fourth-order valence-electron chi connectivity index (χ4n) is 4.00. The highest BCUT2D eigenvalue weighted by molar-refractivity contribution is 9.13. The van der Waals surface area contributed by atoms with Crippen LogP contribution in [0.1, 0.15) is 31.0 Å². The Morgan fingerprint density at radius 3 is 2.47 bits per heavy atom. The van der Waals surface area contributed by atoms with E-state index in [-0.39, 0.29) is 22.6 Å². The maximum absolute atomic E-state index is 13.8. The highest BCUT2D eigenvalue weighted by atomic mass is 79.9. The summed E-state index contributed by atoms with van der Waals surface area (Å²) in [6.07, 6.45) is 3.10. The minimum atomic E-state index is -0.805. The van der Waals surface area contributed by atoms with Crippen molar-refractivity contribution in [1.82, 2.24) is 4.57 Å². The molecule has 2 aromatic carbocycles. The molecule has 0 spiro atoms. The number of fused-ring (bicyclic) bond motifs is 1.